The summed E-state index contributed by atoms with van der Waals surface area (Å²) in [5.74, 6) is -0.202. The molecule has 10 aromatic carbocycles. The van der Waals surface area contributed by atoms with Gasteiger partial charge in [-0.25, -0.2) is 9.59 Å². The maximum atomic E-state index is 15.5. The molecule has 0 radical (unpaired) electrons. The number of esters is 2. The lowest BCUT2D eigenvalue weighted by atomic mass is 9.96. The largest absolute Gasteiger partial charge is 0.485 e. The Labute approximate surface area is 522 Å². The molecule has 90 heavy (non-hydrogen) atoms. The Morgan fingerprint density at radius 1 is 0.344 bits per heavy atom. The Morgan fingerprint density at radius 3 is 1.01 bits per heavy atom. The number of fused-ring (bicyclic) bond motifs is 1. The summed E-state index contributed by atoms with van der Waals surface area (Å²) in [5.41, 5.74) is 6.90. The van der Waals surface area contributed by atoms with E-state index in [2.05, 4.69) is 0 Å². The third-order valence-electron chi connectivity index (χ3n) is 15.0. The molecule has 0 aromatic heterocycles. The second-order valence-electron chi connectivity index (χ2n) is 21.5. The van der Waals surface area contributed by atoms with Gasteiger partial charge in [0.2, 0.25) is 17.8 Å². The fourth-order valence-electron chi connectivity index (χ4n) is 10.4. The summed E-state index contributed by atoms with van der Waals surface area (Å²) in [7, 11) is 0. The highest BCUT2D eigenvalue weighted by molar-refractivity contribution is 5.92. The van der Waals surface area contributed by atoms with Crippen molar-refractivity contribution in [3.05, 3.63) is 323 Å². The molecule has 2 fully saturated rings. The number of hydrogen-bond donors (Lipinski definition) is 0. The smallest absolute Gasteiger partial charge is 0.340 e. The number of carbonyl (C=O) groups is 2. The van der Waals surface area contributed by atoms with Crippen LogP contribution in [-0.4, -0.2) is 49.3 Å². The van der Waals surface area contributed by atoms with Gasteiger partial charge in [0.25, 0.3) is 0 Å². The van der Waals surface area contributed by atoms with E-state index in [1.807, 2.05) is 243 Å². The molecule has 10 aromatic rings. The van der Waals surface area contributed by atoms with Crippen LogP contribution in [0.5, 0.6) is 34.5 Å². The Morgan fingerprint density at radius 2 is 0.656 bits per heavy atom. The van der Waals surface area contributed by atoms with Crippen molar-refractivity contribution in [1.29, 1.82) is 0 Å². The molecule has 6 atom stereocenters. The molecule has 12 rings (SSSR count). The first-order chi connectivity index (χ1) is 44.4. The van der Waals surface area contributed by atoms with Crippen LogP contribution in [0.25, 0.3) is 0 Å². The standard InChI is InChI=1S/C76H66O14/c77-73(61-41-63(79-45-53-25-9-1-10-26-53)68(83-49-57-33-17-5-18-34-57)64(42-61)80-46-54-27-11-2-12-28-54)88-71-70-67(52-86-75(89-70)60-39-23-8-24-40-60)87-76(72(71)85-51-59-37-21-7-22-38-59)90-74(78)62-43-65(81-47-55-29-13-3-14-30-55)69(84-50-58-35-19-6-20-36-58)66(44-62)82-48-56-31-15-4-16-32-56/h1-44,67,70-72,75-76H,45-52H2/t67-,70-,71+,72-,75?,76+/m1/s1. The zero-order valence-electron chi connectivity index (χ0n) is 49.2. The van der Waals surface area contributed by atoms with Crippen LogP contribution in [0.15, 0.2) is 267 Å². The molecule has 2 heterocycles. The number of benzene rings is 10. The van der Waals surface area contributed by atoms with Crippen molar-refractivity contribution in [2.75, 3.05) is 6.61 Å². The summed E-state index contributed by atoms with van der Waals surface area (Å²) in [6.45, 7) is 0.780. The first kappa shape index (κ1) is 60.1. The first-order valence-electron chi connectivity index (χ1n) is 29.8. The van der Waals surface area contributed by atoms with Crippen molar-refractivity contribution in [2.24, 2.45) is 0 Å². The van der Waals surface area contributed by atoms with E-state index >= 15 is 9.59 Å². The first-order valence-corrected chi connectivity index (χ1v) is 29.8. The van der Waals surface area contributed by atoms with Crippen LogP contribution in [-0.2, 0) is 74.7 Å². The van der Waals surface area contributed by atoms with E-state index in [-0.39, 0.29) is 98.5 Å². The third-order valence-corrected chi connectivity index (χ3v) is 15.0. The highest BCUT2D eigenvalue weighted by Gasteiger charge is 2.54. The van der Waals surface area contributed by atoms with Gasteiger partial charge in [-0.15, -0.1) is 0 Å². The van der Waals surface area contributed by atoms with Crippen LogP contribution >= 0.6 is 0 Å². The maximum absolute atomic E-state index is 15.5. The van der Waals surface area contributed by atoms with Gasteiger partial charge in [-0.05, 0) is 63.2 Å². The minimum absolute atomic E-state index is 0.0161. The van der Waals surface area contributed by atoms with Crippen LogP contribution in [0.1, 0.15) is 71.5 Å². The van der Waals surface area contributed by atoms with Crippen molar-refractivity contribution >= 4 is 11.9 Å². The fourth-order valence-corrected chi connectivity index (χ4v) is 10.4. The second-order valence-corrected chi connectivity index (χ2v) is 21.5. The van der Waals surface area contributed by atoms with Crippen molar-refractivity contribution in [2.45, 2.75) is 83.2 Å². The molecule has 14 nitrogen and oxygen atoms in total. The summed E-state index contributed by atoms with van der Waals surface area (Å²) >= 11 is 0. The van der Waals surface area contributed by atoms with E-state index < -0.39 is 48.9 Å². The Kier molecular flexibility index (Phi) is 20.1. The van der Waals surface area contributed by atoms with Crippen LogP contribution in [0.3, 0.4) is 0 Å². The van der Waals surface area contributed by atoms with E-state index in [0.29, 0.717) is 0 Å². The lowest BCUT2D eigenvalue weighted by Crippen LogP contribution is -2.64. The molecule has 14 heteroatoms. The van der Waals surface area contributed by atoms with E-state index in [1.165, 1.54) is 0 Å². The summed E-state index contributed by atoms with van der Waals surface area (Å²) in [5, 5.41) is 0. The highest BCUT2D eigenvalue weighted by atomic mass is 16.8. The molecule has 1 unspecified atom stereocenters. The molecule has 2 aliphatic rings. The average molecular weight is 1200 g/mol. The van der Waals surface area contributed by atoms with Crippen molar-refractivity contribution in [3.8, 4) is 34.5 Å². The van der Waals surface area contributed by atoms with Crippen LogP contribution in [0.2, 0.25) is 0 Å². The zero-order chi connectivity index (χ0) is 61.1. The number of carbonyl (C=O) groups excluding carboxylic acids is 2. The molecule has 0 amide bonds. The molecule has 454 valence electrons. The molecule has 0 N–H and O–H groups in total. The van der Waals surface area contributed by atoms with Gasteiger partial charge < -0.3 is 56.8 Å². The van der Waals surface area contributed by atoms with Crippen molar-refractivity contribution < 1.29 is 66.4 Å². The quantitative estimate of drug-likeness (QED) is 0.0474. The lowest BCUT2D eigenvalue weighted by Gasteiger charge is -2.48. The lowest BCUT2D eigenvalue weighted by molar-refractivity contribution is -0.358. The Balaban J connectivity index is 0.921. The topological polar surface area (TPSA) is 145 Å². The molecule has 0 saturated carbocycles. The number of rotatable bonds is 26. The SMILES string of the molecule is O=C(O[C@@H]1O[C@@H]2COC(c3ccccc3)O[C@H]2[C@H](OC(=O)c2cc(OCc3ccccc3)c(OCc3ccccc3)c(OCc3ccccc3)c2)[C@H]1OCc1ccccc1)c1cc(OCc2ccccc2)c(OCc2ccccc2)c(OCc2ccccc2)c1. The predicted molar refractivity (Wildman–Crippen MR) is 336 cm³/mol. The van der Waals surface area contributed by atoms with Gasteiger partial charge in [0.15, 0.2) is 41.5 Å². The van der Waals surface area contributed by atoms with Gasteiger partial charge in [-0.1, -0.05) is 243 Å². The van der Waals surface area contributed by atoms with Gasteiger partial charge >= 0.3 is 11.9 Å². The molecule has 2 aliphatic heterocycles. The van der Waals surface area contributed by atoms with Crippen molar-refractivity contribution in [1.82, 2.24) is 0 Å². The molecule has 0 bridgehead atoms. The second kappa shape index (κ2) is 30.1. The fraction of sp³-hybridized carbons (Fsp3) is 0.184. The summed E-state index contributed by atoms with van der Waals surface area (Å²) in [6.07, 6.45) is -7.12. The monoisotopic (exact) mass is 1200 g/mol. The van der Waals surface area contributed by atoms with Gasteiger partial charge in [-0.2, -0.15) is 0 Å². The molecule has 2 saturated heterocycles. The van der Waals surface area contributed by atoms with Crippen LogP contribution < -0.4 is 28.4 Å². The van der Waals surface area contributed by atoms with Crippen LogP contribution in [0, 0.1) is 0 Å². The van der Waals surface area contributed by atoms with Crippen LogP contribution in [0.4, 0.5) is 0 Å². The minimum atomic E-state index is -1.54. The average Bonchev–Trinajstić information content (AvgIpc) is 0.852. The number of hydrogen-bond acceptors (Lipinski definition) is 14. The highest BCUT2D eigenvalue weighted by Crippen LogP contribution is 2.44. The third kappa shape index (κ3) is 15.9. The molecular weight excluding hydrogens is 1140 g/mol. The van der Waals surface area contributed by atoms with E-state index in [9.17, 15) is 0 Å². The minimum Gasteiger partial charge on any atom is -0.485 e. The normalized spacial score (nSPS) is 17.6. The Bertz CT molecular complexity index is 3740. The van der Waals surface area contributed by atoms with Gasteiger partial charge in [0.1, 0.15) is 51.8 Å². The summed E-state index contributed by atoms with van der Waals surface area (Å²) in [6, 6.07) is 83.2. The van der Waals surface area contributed by atoms with E-state index in [0.717, 1.165) is 44.5 Å². The van der Waals surface area contributed by atoms with Gasteiger partial charge in [-0.3, -0.25) is 0 Å². The molecule has 0 spiro atoms. The molecular formula is C76H66O14. The van der Waals surface area contributed by atoms with Crippen molar-refractivity contribution in [3.63, 3.8) is 0 Å². The van der Waals surface area contributed by atoms with E-state index in [4.69, 9.17) is 56.8 Å². The van der Waals surface area contributed by atoms with Gasteiger partial charge in [0.05, 0.1) is 24.3 Å². The zero-order valence-corrected chi connectivity index (χ0v) is 49.2. The maximum Gasteiger partial charge on any atom is 0.340 e. The summed E-state index contributed by atoms with van der Waals surface area (Å²) in [4.78, 5) is 30.8. The van der Waals surface area contributed by atoms with Gasteiger partial charge in [0, 0.05) is 5.56 Å². The number of ether oxygens (including phenoxy) is 12. The predicted octanol–water partition coefficient (Wildman–Crippen LogP) is 15.0. The Hall–Kier alpha value is -10.2. The van der Waals surface area contributed by atoms with E-state index in [1.54, 1.807) is 24.3 Å². The molecule has 0 aliphatic carbocycles. The summed E-state index contributed by atoms with van der Waals surface area (Å²) < 4.78 is 79.6.